The molecule has 0 amide bonds. The summed E-state index contributed by atoms with van der Waals surface area (Å²) in [6.45, 7) is 4.01. The van der Waals surface area contributed by atoms with Crippen molar-refractivity contribution in [3.05, 3.63) is 40.1 Å². The molecule has 2 aromatic rings. The summed E-state index contributed by atoms with van der Waals surface area (Å²) < 4.78 is 1.11. The second kappa shape index (κ2) is 6.65. The minimum Gasteiger partial charge on any atom is -0.367 e. The Labute approximate surface area is 139 Å². The van der Waals surface area contributed by atoms with Crippen LogP contribution in [-0.2, 0) is 0 Å². The molecular formula is C17H21BrN4. The number of aromatic nitrogens is 2. The van der Waals surface area contributed by atoms with Crippen molar-refractivity contribution in [2.45, 2.75) is 45.6 Å². The molecule has 1 saturated carbocycles. The van der Waals surface area contributed by atoms with Crippen molar-refractivity contribution in [3.8, 4) is 0 Å². The number of hydrogen-bond donors (Lipinski definition) is 2. The van der Waals surface area contributed by atoms with Crippen molar-refractivity contribution < 1.29 is 0 Å². The van der Waals surface area contributed by atoms with Gasteiger partial charge in [0.05, 0.1) is 0 Å². The van der Waals surface area contributed by atoms with E-state index in [4.69, 9.17) is 0 Å². The predicted octanol–water partition coefficient (Wildman–Crippen LogP) is 4.95. The quantitative estimate of drug-likeness (QED) is 0.809. The fourth-order valence-electron chi connectivity index (χ4n) is 2.86. The molecule has 4 nitrogen and oxygen atoms in total. The molecule has 0 atom stereocenters. The molecule has 0 bridgehead atoms. The van der Waals surface area contributed by atoms with Gasteiger partial charge in [-0.25, -0.2) is 9.97 Å². The second-order valence-corrected chi connectivity index (χ2v) is 6.75. The van der Waals surface area contributed by atoms with Crippen LogP contribution in [0.15, 0.2) is 28.7 Å². The second-order valence-electron chi connectivity index (χ2n) is 5.90. The average Bonchev–Trinajstić information content (AvgIpc) is 2.95. The SMILES string of the molecule is Cc1nc(Nc2ccc(Br)c(C)c2)cc(NC2CCCC2)n1. The lowest BCUT2D eigenvalue weighted by Gasteiger charge is -2.14. The van der Waals surface area contributed by atoms with Crippen molar-refractivity contribution in [1.82, 2.24) is 9.97 Å². The molecule has 1 aliphatic carbocycles. The topological polar surface area (TPSA) is 49.8 Å². The Balaban J connectivity index is 1.77. The Morgan fingerprint density at radius 3 is 2.50 bits per heavy atom. The van der Waals surface area contributed by atoms with Crippen molar-refractivity contribution in [2.24, 2.45) is 0 Å². The maximum absolute atomic E-state index is 4.50. The maximum atomic E-state index is 4.50. The first-order valence-corrected chi connectivity index (χ1v) is 8.55. The van der Waals surface area contributed by atoms with Crippen LogP contribution in [0.25, 0.3) is 0 Å². The van der Waals surface area contributed by atoms with E-state index in [9.17, 15) is 0 Å². The summed E-state index contributed by atoms with van der Waals surface area (Å²) in [7, 11) is 0. The Morgan fingerprint density at radius 1 is 1.05 bits per heavy atom. The van der Waals surface area contributed by atoms with E-state index in [0.29, 0.717) is 6.04 Å². The summed E-state index contributed by atoms with van der Waals surface area (Å²) in [5.74, 6) is 2.52. The van der Waals surface area contributed by atoms with Crippen LogP contribution < -0.4 is 10.6 Å². The van der Waals surface area contributed by atoms with E-state index in [1.165, 1.54) is 31.2 Å². The molecule has 0 spiro atoms. The molecule has 116 valence electrons. The van der Waals surface area contributed by atoms with Gasteiger partial charge >= 0.3 is 0 Å². The number of halogens is 1. The zero-order valence-corrected chi connectivity index (χ0v) is 14.6. The Kier molecular flexibility index (Phi) is 4.62. The highest BCUT2D eigenvalue weighted by Crippen LogP contribution is 2.25. The Bertz CT molecular complexity index is 666. The predicted molar refractivity (Wildman–Crippen MR) is 94.8 cm³/mol. The first-order chi connectivity index (χ1) is 10.6. The van der Waals surface area contributed by atoms with E-state index in [1.54, 1.807) is 0 Å². The van der Waals surface area contributed by atoms with Gasteiger partial charge < -0.3 is 10.6 Å². The van der Waals surface area contributed by atoms with Crippen molar-refractivity contribution >= 4 is 33.3 Å². The number of nitrogens with one attached hydrogen (secondary N) is 2. The van der Waals surface area contributed by atoms with Crippen LogP contribution in [-0.4, -0.2) is 16.0 Å². The molecule has 3 rings (SSSR count). The van der Waals surface area contributed by atoms with Crippen molar-refractivity contribution in [3.63, 3.8) is 0 Å². The zero-order chi connectivity index (χ0) is 15.5. The van der Waals surface area contributed by atoms with Crippen LogP contribution in [0.1, 0.15) is 37.1 Å². The van der Waals surface area contributed by atoms with E-state index in [1.807, 2.05) is 25.1 Å². The summed E-state index contributed by atoms with van der Waals surface area (Å²) in [6, 6.07) is 8.73. The molecule has 0 saturated heterocycles. The van der Waals surface area contributed by atoms with Crippen molar-refractivity contribution in [1.29, 1.82) is 0 Å². The van der Waals surface area contributed by atoms with E-state index >= 15 is 0 Å². The Morgan fingerprint density at radius 2 is 1.77 bits per heavy atom. The van der Waals surface area contributed by atoms with Gasteiger partial charge in [0, 0.05) is 22.3 Å². The van der Waals surface area contributed by atoms with Crippen LogP contribution in [0.2, 0.25) is 0 Å². The van der Waals surface area contributed by atoms with Crippen molar-refractivity contribution in [2.75, 3.05) is 10.6 Å². The zero-order valence-electron chi connectivity index (χ0n) is 13.0. The van der Waals surface area contributed by atoms with E-state index < -0.39 is 0 Å². The van der Waals surface area contributed by atoms with Gasteiger partial charge in [-0.2, -0.15) is 0 Å². The highest BCUT2D eigenvalue weighted by Gasteiger charge is 2.15. The van der Waals surface area contributed by atoms with Gasteiger partial charge in [0.15, 0.2) is 0 Å². The van der Waals surface area contributed by atoms with E-state index in [0.717, 1.165) is 27.6 Å². The number of benzene rings is 1. The smallest absolute Gasteiger partial charge is 0.136 e. The molecule has 22 heavy (non-hydrogen) atoms. The molecule has 1 aromatic carbocycles. The third-order valence-corrected chi connectivity index (χ3v) is 4.87. The van der Waals surface area contributed by atoms with Crippen LogP contribution in [0.5, 0.6) is 0 Å². The Hall–Kier alpha value is -1.62. The summed E-state index contributed by atoms with van der Waals surface area (Å²) in [4.78, 5) is 8.98. The molecule has 5 heteroatoms. The number of nitrogens with zero attached hydrogens (tertiary/aromatic N) is 2. The molecule has 1 heterocycles. The van der Waals surface area contributed by atoms with Crippen LogP contribution in [0.3, 0.4) is 0 Å². The van der Waals surface area contributed by atoms with E-state index in [-0.39, 0.29) is 0 Å². The van der Waals surface area contributed by atoms with Crippen LogP contribution in [0.4, 0.5) is 17.3 Å². The monoisotopic (exact) mass is 360 g/mol. The largest absolute Gasteiger partial charge is 0.367 e. The average molecular weight is 361 g/mol. The fourth-order valence-corrected chi connectivity index (χ4v) is 3.10. The van der Waals surface area contributed by atoms with Gasteiger partial charge in [-0.05, 0) is 50.5 Å². The number of aryl methyl sites for hydroxylation is 2. The molecule has 1 aliphatic rings. The first-order valence-electron chi connectivity index (χ1n) is 7.75. The van der Waals surface area contributed by atoms with Gasteiger partial charge in [0.25, 0.3) is 0 Å². The molecule has 0 aliphatic heterocycles. The van der Waals surface area contributed by atoms with Gasteiger partial charge in [-0.1, -0.05) is 28.8 Å². The van der Waals surface area contributed by atoms with E-state index in [2.05, 4.69) is 49.5 Å². The molecular weight excluding hydrogens is 340 g/mol. The molecule has 1 fully saturated rings. The molecule has 0 radical (unpaired) electrons. The third-order valence-electron chi connectivity index (χ3n) is 3.98. The highest BCUT2D eigenvalue weighted by molar-refractivity contribution is 9.10. The minimum absolute atomic E-state index is 0.553. The lowest BCUT2D eigenvalue weighted by atomic mass is 10.2. The standard InChI is InChI=1S/C17H21BrN4/c1-11-9-14(7-8-15(11)18)22-17-10-16(19-12(2)20-17)21-13-5-3-4-6-13/h7-10,13H,3-6H2,1-2H3,(H2,19,20,21,22). The minimum atomic E-state index is 0.553. The number of rotatable bonds is 4. The summed E-state index contributed by atoms with van der Waals surface area (Å²) in [6.07, 6.45) is 5.09. The lowest BCUT2D eigenvalue weighted by molar-refractivity contribution is 0.748. The summed E-state index contributed by atoms with van der Waals surface area (Å²) >= 11 is 3.52. The van der Waals surface area contributed by atoms with Gasteiger partial charge in [-0.15, -0.1) is 0 Å². The molecule has 1 aromatic heterocycles. The number of anilines is 3. The maximum Gasteiger partial charge on any atom is 0.136 e. The number of hydrogen-bond acceptors (Lipinski definition) is 4. The van der Waals surface area contributed by atoms with Gasteiger partial charge in [-0.3, -0.25) is 0 Å². The normalized spacial score (nSPS) is 15.0. The third kappa shape index (κ3) is 3.77. The molecule has 0 unspecified atom stereocenters. The van der Waals surface area contributed by atoms with Crippen LogP contribution >= 0.6 is 15.9 Å². The van der Waals surface area contributed by atoms with Crippen LogP contribution in [0, 0.1) is 13.8 Å². The molecule has 2 N–H and O–H groups in total. The summed E-state index contributed by atoms with van der Waals surface area (Å²) in [5.41, 5.74) is 2.23. The fraction of sp³-hybridized carbons (Fsp3) is 0.412. The first kappa shape index (κ1) is 15.3. The lowest BCUT2D eigenvalue weighted by Crippen LogP contribution is -2.16. The van der Waals surface area contributed by atoms with Gasteiger partial charge in [0.2, 0.25) is 0 Å². The summed E-state index contributed by atoms with van der Waals surface area (Å²) in [5, 5.41) is 6.90. The van der Waals surface area contributed by atoms with Gasteiger partial charge in [0.1, 0.15) is 17.5 Å². The highest BCUT2D eigenvalue weighted by atomic mass is 79.9.